The number of hydrogen-bond acceptors (Lipinski definition) is 2. The molecule has 2 N–H and O–H groups in total. The minimum absolute atomic E-state index is 0.0179. The van der Waals surface area contributed by atoms with Crippen LogP contribution in [0.2, 0.25) is 0 Å². The Bertz CT molecular complexity index is 303. The van der Waals surface area contributed by atoms with Crippen LogP contribution in [-0.4, -0.2) is 13.2 Å². The van der Waals surface area contributed by atoms with Crippen molar-refractivity contribution in [3.8, 4) is 0 Å². The molecule has 2 nitrogen and oxygen atoms in total. The molecule has 0 aliphatic heterocycles. The maximum Gasteiger partial charge on any atom is 0.0659 e. The molecular formula is C13H19NO. The smallest absolute Gasteiger partial charge is 0.0659 e. The van der Waals surface area contributed by atoms with Gasteiger partial charge in [0.25, 0.3) is 0 Å². The molecule has 1 aliphatic carbocycles. The summed E-state index contributed by atoms with van der Waals surface area (Å²) in [7, 11) is 0. The van der Waals surface area contributed by atoms with Gasteiger partial charge in [-0.1, -0.05) is 29.8 Å². The van der Waals surface area contributed by atoms with E-state index in [4.69, 9.17) is 10.5 Å². The summed E-state index contributed by atoms with van der Waals surface area (Å²) in [6.45, 7) is 3.61. The Morgan fingerprint density at radius 2 is 2.00 bits per heavy atom. The fraction of sp³-hybridized carbons (Fsp3) is 0.538. The van der Waals surface area contributed by atoms with Gasteiger partial charge < -0.3 is 10.5 Å². The number of hydrogen-bond donors (Lipinski definition) is 1. The third kappa shape index (κ3) is 3.33. The van der Waals surface area contributed by atoms with Gasteiger partial charge in [0.2, 0.25) is 0 Å². The first kappa shape index (κ1) is 10.7. The molecule has 1 aromatic carbocycles. The van der Waals surface area contributed by atoms with Crippen molar-refractivity contribution in [2.45, 2.75) is 25.8 Å². The van der Waals surface area contributed by atoms with Crippen molar-refractivity contribution in [2.24, 2.45) is 11.7 Å². The topological polar surface area (TPSA) is 35.2 Å². The van der Waals surface area contributed by atoms with Crippen molar-refractivity contribution in [1.82, 2.24) is 0 Å². The highest BCUT2D eigenvalue weighted by atomic mass is 16.5. The Hall–Kier alpha value is -0.860. The van der Waals surface area contributed by atoms with Gasteiger partial charge in [-0.15, -0.1) is 0 Å². The van der Waals surface area contributed by atoms with Crippen molar-refractivity contribution >= 4 is 0 Å². The van der Waals surface area contributed by atoms with E-state index in [1.54, 1.807) is 0 Å². The fourth-order valence-electron chi connectivity index (χ4n) is 1.56. The van der Waals surface area contributed by atoms with Crippen molar-refractivity contribution in [3.63, 3.8) is 0 Å². The van der Waals surface area contributed by atoms with E-state index >= 15 is 0 Å². The first-order chi connectivity index (χ1) is 7.25. The number of rotatable bonds is 5. The number of benzene rings is 1. The molecule has 0 radical (unpaired) electrons. The highest BCUT2D eigenvalue weighted by Gasteiger charge is 2.21. The van der Waals surface area contributed by atoms with Gasteiger partial charge >= 0.3 is 0 Å². The van der Waals surface area contributed by atoms with Crippen molar-refractivity contribution in [1.29, 1.82) is 0 Å². The maximum atomic E-state index is 6.03. The lowest BCUT2D eigenvalue weighted by Gasteiger charge is -2.12. The first-order valence-electron chi connectivity index (χ1n) is 5.65. The average molecular weight is 205 g/mol. The molecule has 82 valence electrons. The average Bonchev–Trinajstić information content (AvgIpc) is 3.02. The molecule has 0 bridgehead atoms. The van der Waals surface area contributed by atoms with Gasteiger partial charge in [0.15, 0.2) is 0 Å². The Balaban J connectivity index is 1.78. The van der Waals surface area contributed by atoms with Gasteiger partial charge in [-0.3, -0.25) is 0 Å². The van der Waals surface area contributed by atoms with Crippen LogP contribution in [0.25, 0.3) is 0 Å². The van der Waals surface area contributed by atoms with Crippen molar-refractivity contribution in [2.75, 3.05) is 13.2 Å². The Labute approximate surface area is 91.4 Å². The number of nitrogens with two attached hydrogens (primary N) is 1. The summed E-state index contributed by atoms with van der Waals surface area (Å²) in [5.74, 6) is 0.815. The second-order valence-electron chi connectivity index (χ2n) is 4.50. The molecule has 2 heteroatoms. The molecule has 1 aromatic rings. The highest BCUT2D eigenvalue weighted by Crippen LogP contribution is 2.29. The van der Waals surface area contributed by atoms with Gasteiger partial charge in [0.05, 0.1) is 12.6 Å². The van der Waals surface area contributed by atoms with E-state index in [0.717, 1.165) is 18.1 Å². The summed E-state index contributed by atoms with van der Waals surface area (Å²) < 4.78 is 5.58. The first-order valence-corrected chi connectivity index (χ1v) is 5.65. The summed E-state index contributed by atoms with van der Waals surface area (Å²) in [5, 5.41) is 0. The van der Waals surface area contributed by atoms with Gasteiger partial charge in [-0.05, 0) is 31.2 Å². The van der Waals surface area contributed by atoms with E-state index in [9.17, 15) is 0 Å². The van der Waals surface area contributed by atoms with E-state index in [2.05, 4.69) is 31.2 Å². The molecule has 0 saturated heterocycles. The molecule has 0 amide bonds. The van der Waals surface area contributed by atoms with E-state index in [-0.39, 0.29) is 6.04 Å². The third-order valence-electron chi connectivity index (χ3n) is 2.85. The van der Waals surface area contributed by atoms with Crippen LogP contribution in [-0.2, 0) is 4.74 Å². The second kappa shape index (κ2) is 4.77. The molecule has 1 aliphatic rings. The minimum atomic E-state index is 0.0179. The van der Waals surface area contributed by atoms with Crippen LogP contribution in [0.4, 0.5) is 0 Å². The molecular weight excluding hydrogens is 186 g/mol. The Kier molecular flexibility index (Phi) is 3.39. The van der Waals surface area contributed by atoms with Crippen LogP contribution >= 0.6 is 0 Å². The third-order valence-corrected chi connectivity index (χ3v) is 2.85. The van der Waals surface area contributed by atoms with Crippen LogP contribution in [0.1, 0.15) is 30.0 Å². The maximum absolute atomic E-state index is 6.03. The van der Waals surface area contributed by atoms with Crippen molar-refractivity contribution < 1.29 is 4.74 Å². The van der Waals surface area contributed by atoms with Crippen LogP contribution in [0.15, 0.2) is 24.3 Å². The summed E-state index contributed by atoms with van der Waals surface area (Å²) in [4.78, 5) is 0. The van der Waals surface area contributed by atoms with Crippen molar-refractivity contribution in [3.05, 3.63) is 35.4 Å². The monoisotopic (exact) mass is 205 g/mol. The van der Waals surface area contributed by atoms with Gasteiger partial charge in [-0.25, -0.2) is 0 Å². The lowest BCUT2D eigenvalue weighted by molar-refractivity contribution is 0.112. The number of ether oxygens (including phenoxy) is 1. The lowest BCUT2D eigenvalue weighted by Crippen LogP contribution is -2.17. The highest BCUT2D eigenvalue weighted by molar-refractivity contribution is 5.23. The predicted molar refractivity (Wildman–Crippen MR) is 61.7 cm³/mol. The summed E-state index contributed by atoms with van der Waals surface area (Å²) >= 11 is 0. The molecule has 1 atom stereocenters. The van der Waals surface area contributed by atoms with E-state index in [1.807, 2.05) is 0 Å². The van der Waals surface area contributed by atoms with Crippen LogP contribution in [0, 0.1) is 12.8 Å². The quantitative estimate of drug-likeness (QED) is 0.801. The molecule has 1 saturated carbocycles. The summed E-state index contributed by atoms with van der Waals surface area (Å²) in [6.07, 6.45) is 2.67. The van der Waals surface area contributed by atoms with Gasteiger partial charge in [-0.2, -0.15) is 0 Å². The molecule has 0 aromatic heterocycles. The van der Waals surface area contributed by atoms with Crippen LogP contribution in [0.3, 0.4) is 0 Å². The van der Waals surface area contributed by atoms with E-state index in [1.165, 1.54) is 18.4 Å². The van der Waals surface area contributed by atoms with E-state index < -0.39 is 0 Å². The molecule has 1 fully saturated rings. The summed E-state index contributed by atoms with van der Waals surface area (Å²) in [5.41, 5.74) is 8.46. The molecule has 0 heterocycles. The largest absolute Gasteiger partial charge is 0.379 e. The summed E-state index contributed by atoms with van der Waals surface area (Å²) in [6, 6.07) is 8.37. The Morgan fingerprint density at radius 1 is 1.33 bits per heavy atom. The molecule has 15 heavy (non-hydrogen) atoms. The predicted octanol–water partition coefficient (Wildman–Crippen LogP) is 2.42. The number of aryl methyl sites for hydroxylation is 1. The molecule has 1 unspecified atom stereocenters. The molecule has 2 rings (SSSR count). The standard InChI is InChI=1S/C13H19NO/c1-10-2-6-12(7-3-10)13(14)9-15-8-11-4-5-11/h2-3,6-7,11,13H,4-5,8-9,14H2,1H3. The van der Waals surface area contributed by atoms with Gasteiger partial charge in [0.1, 0.15) is 0 Å². The fourth-order valence-corrected chi connectivity index (χ4v) is 1.56. The lowest BCUT2D eigenvalue weighted by atomic mass is 10.1. The van der Waals surface area contributed by atoms with Gasteiger partial charge in [0, 0.05) is 6.61 Å². The minimum Gasteiger partial charge on any atom is -0.379 e. The normalized spacial score (nSPS) is 17.7. The zero-order valence-electron chi connectivity index (χ0n) is 9.28. The second-order valence-corrected chi connectivity index (χ2v) is 4.50. The Morgan fingerprint density at radius 3 is 2.60 bits per heavy atom. The SMILES string of the molecule is Cc1ccc(C(N)COCC2CC2)cc1. The van der Waals surface area contributed by atoms with Crippen LogP contribution < -0.4 is 5.73 Å². The zero-order chi connectivity index (χ0) is 10.7. The zero-order valence-corrected chi connectivity index (χ0v) is 9.28. The molecule has 0 spiro atoms. The van der Waals surface area contributed by atoms with Crippen LogP contribution in [0.5, 0.6) is 0 Å². The van der Waals surface area contributed by atoms with E-state index in [0.29, 0.717) is 6.61 Å².